The van der Waals surface area contributed by atoms with Gasteiger partial charge in [-0.1, -0.05) is 0 Å². The number of hydroxylamine groups is 2. The van der Waals surface area contributed by atoms with Crippen LogP contribution in [0.2, 0.25) is 0 Å². The van der Waals surface area contributed by atoms with Gasteiger partial charge < -0.3 is 20.0 Å². The zero-order chi connectivity index (χ0) is 30.0. The highest BCUT2D eigenvalue weighted by molar-refractivity contribution is 6.03. The maximum Gasteiger partial charge on any atom is 0.363 e. The van der Waals surface area contributed by atoms with Crippen molar-refractivity contribution in [3.05, 3.63) is 48.4 Å². The number of nitrogens with zero attached hydrogens (tertiary/aromatic N) is 7. The molecule has 0 unspecified atom stereocenters. The molecule has 4 heterocycles. The summed E-state index contributed by atoms with van der Waals surface area (Å²) >= 11 is 0. The number of amides is 4. The lowest BCUT2D eigenvalue weighted by molar-refractivity contribution is -0.172. The molecule has 0 saturated carbocycles. The number of carbonyl (C=O) groups is 5. The number of aromatic nitrogens is 3. The normalized spacial score (nSPS) is 18.6. The van der Waals surface area contributed by atoms with Gasteiger partial charge in [0.1, 0.15) is 24.7 Å². The van der Waals surface area contributed by atoms with Gasteiger partial charge >= 0.3 is 12.0 Å². The van der Waals surface area contributed by atoms with E-state index >= 15 is 0 Å². The second kappa shape index (κ2) is 11.6. The van der Waals surface area contributed by atoms with Crippen LogP contribution in [-0.4, -0.2) is 86.6 Å². The van der Waals surface area contributed by atoms with Crippen LogP contribution in [0.15, 0.2) is 42.9 Å². The predicted octanol–water partition coefficient (Wildman–Crippen LogP) is 2.02. The number of nitrogens with one attached hydrogen (secondary N) is 1. The molecule has 42 heavy (non-hydrogen) atoms. The van der Waals surface area contributed by atoms with Gasteiger partial charge in [-0.15, -0.1) is 5.06 Å². The van der Waals surface area contributed by atoms with E-state index in [1.165, 1.54) is 46.3 Å². The average Bonchev–Trinajstić information content (AvgIpc) is 3.56. The number of likely N-dealkylation sites (tertiary alicyclic amines) is 1. The van der Waals surface area contributed by atoms with Gasteiger partial charge in [0.25, 0.3) is 11.8 Å². The summed E-state index contributed by atoms with van der Waals surface area (Å²) in [6, 6.07) is 7.79. The van der Waals surface area contributed by atoms with E-state index in [1.807, 2.05) is 6.07 Å². The number of fused-ring (bicyclic) bond motifs is 1. The minimum atomic E-state index is -1.24. The molecule has 14 nitrogen and oxygen atoms in total. The molecule has 5 rings (SSSR count). The van der Waals surface area contributed by atoms with Gasteiger partial charge in [-0.2, -0.15) is 5.26 Å². The van der Waals surface area contributed by atoms with E-state index < -0.39 is 36.0 Å². The highest BCUT2D eigenvalue weighted by Gasteiger charge is 2.36. The molecule has 2 aliphatic heterocycles. The molecule has 2 aliphatic rings. The van der Waals surface area contributed by atoms with E-state index in [0.29, 0.717) is 22.0 Å². The van der Waals surface area contributed by atoms with Crippen molar-refractivity contribution >= 4 is 52.3 Å². The minimum absolute atomic E-state index is 0.0201. The van der Waals surface area contributed by atoms with Gasteiger partial charge in [0.05, 0.1) is 23.1 Å². The van der Waals surface area contributed by atoms with E-state index in [-0.39, 0.29) is 55.9 Å². The molecule has 0 spiro atoms. The second-order valence-corrected chi connectivity index (χ2v) is 9.75. The topological polar surface area (TPSA) is 171 Å². The molecule has 3 aromatic rings. The molecule has 1 aromatic carbocycles. The third-order valence-corrected chi connectivity index (χ3v) is 7.15. The van der Waals surface area contributed by atoms with Gasteiger partial charge in [0, 0.05) is 44.9 Å². The Balaban J connectivity index is 1.29. The molecule has 2 aromatic heterocycles. The highest BCUT2D eigenvalue weighted by Crippen LogP contribution is 2.29. The first kappa shape index (κ1) is 28.1. The Bertz CT molecular complexity index is 1600. The molecule has 216 valence electrons. The van der Waals surface area contributed by atoms with Crippen LogP contribution in [0.4, 0.5) is 20.7 Å². The van der Waals surface area contributed by atoms with E-state index in [0.717, 1.165) is 0 Å². The molecule has 4 amide bonds. The Labute approximate surface area is 238 Å². The first-order valence-electron chi connectivity index (χ1n) is 13.0. The zero-order valence-corrected chi connectivity index (χ0v) is 22.4. The predicted molar refractivity (Wildman–Crippen MR) is 143 cm³/mol. The van der Waals surface area contributed by atoms with Crippen LogP contribution in [0, 0.1) is 11.3 Å². The van der Waals surface area contributed by atoms with Gasteiger partial charge in [-0.3, -0.25) is 19.0 Å². The van der Waals surface area contributed by atoms with E-state index in [9.17, 15) is 28.4 Å². The monoisotopic (exact) mass is 576 g/mol. The van der Waals surface area contributed by atoms with Gasteiger partial charge in [-0.05, 0) is 36.8 Å². The van der Waals surface area contributed by atoms with E-state index in [2.05, 4.69) is 15.3 Å². The molecule has 2 atom stereocenters. The standard InChI is InChI=1S/C27H25FN8O6/c1-33(20-14-34(12-10-19(20)28)21(37)8-11-29)24-18-9-13-35(25(18)31-15-30-24)27(41)32-17-4-2-16(3-5-17)26(40)42-36-22(38)6-7-23(36)39/h2-5,9,13,15,19-20H,6-8,10,12,14H2,1H3,(H,32,41)/t19-,20+/m1/s1. The van der Waals surface area contributed by atoms with Crippen molar-refractivity contribution in [2.75, 3.05) is 30.4 Å². The van der Waals surface area contributed by atoms with Crippen LogP contribution in [0.3, 0.4) is 0 Å². The SMILES string of the molecule is CN(c1ncnc2c1ccn2C(=O)Nc1ccc(C(=O)ON2C(=O)CCC2=O)cc1)[C@H]1CN(C(=O)CC#N)CC[C@H]1F. The average molecular weight is 577 g/mol. The Morgan fingerprint density at radius 3 is 2.55 bits per heavy atom. The van der Waals surface area contributed by atoms with Crippen LogP contribution in [-0.2, 0) is 19.2 Å². The first-order valence-corrected chi connectivity index (χ1v) is 13.0. The van der Waals surface area contributed by atoms with Crippen molar-refractivity contribution in [1.82, 2.24) is 24.5 Å². The summed E-state index contributed by atoms with van der Waals surface area (Å²) in [4.78, 5) is 77.5. The maximum absolute atomic E-state index is 15.0. The number of alkyl halides is 1. The zero-order valence-electron chi connectivity index (χ0n) is 22.4. The summed E-state index contributed by atoms with van der Waals surface area (Å²) in [6.07, 6.45) is 1.29. The quantitative estimate of drug-likeness (QED) is 0.428. The van der Waals surface area contributed by atoms with Crippen LogP contribution >= 0.6 is 0 Å². The fraction of sp³-hybridized carbons (Fsp3) is 0.333. The Morgan fingerprint density at radius 1 is 1.14 bits per heavy atom. The summed E-state index contributed by atoms with van der Waals surface area (Å²) in [5.41, 5.74) is 0.657. The fourth-order valence-electron chi connectivity index (χ4n) is 4.88. The Kier molecular flexibility index (Phi) is 7.78. The van der Waals surface area contributed by atoms with Crippen LogP contribution in [0.5, 0.6) is 0 Å². The van der Waals surface area contributed by atoms with Crippen molar-refractivity contribution in [2.45, 2.75) is 37.9 Å². The van der Waals surface area contributed by atoms with E-state index in [1.54, 1.807) is 18.0 Å². The number of anilines is 2. The summed E-state index contributed by atoms with van der Waals surface area (Å²) in [5.74, 6) is -2.07. The van der Waals surface area contributed by atoms with E-state index in [4.69, 9.17) is 10.1 Å². The second-order valence-electron chi connectivity index (χ2n) is 9.75. The molecular formula is C27H25FN8O6. The van der Waals surface area contributed by atoms with Crippen molar-refractivity contribution in [1.29, 1.82) is 5.26 Å². The molecule has 1 N–H and O–H groups in total. The molecule has 0 aliphatic carbocycles. The van der Waals surface area contributed by atoms with Crippen molar-refractivity contribution < 1.29 is 33.2 Å². The van der Waals surface area contributed by atoms with Gasteiger partial charge in [0.2, 0.25) is 5.91 Å². The molecule has 2 fully saturated rings. The lowest BCUT2D eigenvalue weighted by Gasteiger charge is -2.40. The molecule has 0 radical (unpaired) electrons. The smallest absolute Gasteiger partial charge is 0.351 e. The summed E-state index contributed by atoms with van der Waals surface area (Å²) < 4.78 is 16.2. The van der Waals surface area contributed by atoms with Gasteiger partial charge in [0.15, 0.2) is 5.65 Å². The number of carbonyl (C=O) groups excluding carboxylic acids is 5. The molecule has 15 heteroatoms. The number of piperidine rings is 1. The number of halogens is 1. The molecule has 0 bridgehead atoms. The molecule has 2 saturated heterocycles. The van der Waals surface area contributed by atoms with Crippen LogP contribution in [0.1, 0.15) is 36.0 Å². The number of hydrogen-bond acceptors (Lipinski definition) is 10. The van der Waals surface area contributed by atoms with Crippen molar-refractivity contribution in [2.24, 2.45) is 0 Å². The first-order chi connectivity index (χ1) is 20.2. The highest BCUT2D eigenvalue weighted by atomic mass is 19.1. The van der Waals surface area contributed by atoms with Crippen LogP contribution < -0.4 is 10.2 Å². The number of rotatable bonds is 6. The summed E-state index contributed by atoms with van der Waals surface area (Å²) in [7, 11) is 1.65. The lowest BCUT2D eigenvalue weighted by atomic mass is 10.0. The maximum atomic E-state index is 15.0. The number of benzene rings is 1. The molecular weight excluding hydrogens is 551 g/mol. The number of imide groups is 1. The summed E-state index contributed by atoms with van der Waals surface area (Å²) in [6.45, 7) is 0.306. The third kappa shape index (κ3) is 5.46. The number of nitriles is 1. The summed E-state index contributed by atoms with van der Waals surface area (Å²) in [5, 5.41) is 12.5. The largest absolute Gasteiger partial charge is 0.363 e. The number of likely N-dealkylation sites (N-methyl/N-ethyl adjacent to an activating group) is 1. The number of hydrogen-bond donors (Lipinski definition) is 1. The van der Waals surface area contributed by atoms with Crippen molar-refractivity contribution in [3.8, 4) is 6.07 Å². The Morgan fingerprint density at radius 2 is 1.86 bits per heavy atom. The van der Waals surface area contributed by atoms with Gasteiger partial charge in [-0.25, -0.2) is 23.9 Å². The third-order valence-electron chi connectivity index (χ3n) is 7.15. The fourth-order valence-corrected chi connectivity index (χ4v) is 4.88. The Hall–Kier alpha value is -5.39. The minimum Gasteiger partial charge on any atom is -0.351 e. The lowest BCUT2D eigenvalue weighted by Crippen LogP contribution is -2.54. The van der Waals surface area contributed by atoms with Crippen molar-refractivity contribution in [3.63, 3.8) is 0 Å². The van der Waals surface area contributed by atoms with Crippen LogP contribution in [0.25, 0.3) is 11.0 Å².